The third-order valence-electron chi connectivity index (χ3n) is 2.84. The molecule has 0 aliphatic rings. The minimum absolute atomic E-state index is 0.0318. The lowest BCUT2D eigenvalue weighted by atomic mass is 10.1. The summed E-state index contributed by atoms with van der Waals surface area (Å²) in [7, 11) is 0. The van der Waals surface area contributed by atoms with Gasteiger partial charge in [-0.15, -0.1) is 0 Å². The highest BCUT2D eigenvalue weighted by Gasteiger charge is 2.09. The zero-order chi connectivity index (χ0) is 14.7. The summed E-state index contributed by atoms with van der Waals surface area (Å²) in [6.45, 7) is 1.58. The molecule has 2 nitrogen and oxygen atoms in total. The van der Waals surface area contributed by atoms with Crippen molar-refractivity contribution in [2.75, 3.05) is 0 Å². The van der Waals surface area contributed by atoms with E-state index in [2.05, 4.69) is 0 Å². The van der Waals surface area contributed by atoms with Crippen molar-refractivity contribution in [3.05, 3.63) is 64.2 Å². The van der Waals surface area contributed by atoms with Crippen molar-refractivity contribution in [3.8, 4) is 5.75 Å². The topological polar surface area (TPSA) is 29.5 Å². The van der Waals surface area contributed by atoms with Crippen LogP contribution in [-0.4, -0.2) is 5.11 Å². The van der Waals surface area contributed by atoms with Crippen molar-refractivity contribution in [1.29, 1.82) is 0 Å². The Balaban J connectivity index is 2.11. The maximum Gasteiger partial charge on any atom is 0.165 e. The van der Waals surface area contributed by atoms with Crippen molar-refractivity contribution in [3.63, 3.8) is 0 Å². The molecule has 0 aliphatic heterocycles. The fraction of sp³-hybridized carbons (Fsp3) is 0.200. The van der Waals surface area contributed by atoms with Gasteiger partial charge in [0.25, 0.3) is 0 Å². The molecule has 0 aliphatic carbocycles. The minimum Gasteiger partial charge on any atom is -0.486 e. The van der Waals surface area contributed by atoms with E-state index in [0.29, 0.717) is 11.1 Å². The Morgan fingerprint density at radius 1 is 1.20 bits per heavy atom. The van der Waals surface area contributed by atoms with E-state index in [-0.39, 0.29) is 17.4 Å². The van der Waals surface area contributed by atoms with Crippen molar-refractivity contribution in [2.24, 2.45) is 0 Å². The van der Waals surface area contributed by atoms with Crippen molar-refractivity contribution < 1.29 is 18.6 Å². The molecule has 0 amide bonds. The number of benzene rings is 2. The predicted octanol–water partition coefficient (Wildman–Crippen LogP) is 4.25. The Morgan fingerprint density at radius 2 is 1.95 bits per heavy atom. The summed E-state index contributed by atoms with van der Waals surface area (Å²) in [4.78, 5) is 0. The third kappa shape index (κ3) is 3.46. The Hall–Kier alpha value is -1.65. The van der Waals surface area contributed by atoms with Gasteiger partial charge in [0.15, 0.2) is 11.6 Å². The Kier molecular flexibility index (Phi) is 4.57. The van der Waals surface area contributed by atoms with Crippen molar-refractivity contribution >= 4 is 11.6 Å². The van der Waals surface area contributed by atoms with Crippen LogP contribution in [0.5, 0.6) is 5.75 Å². The molecule has 0 aromatic heterocycles. The van der Waals surface area contributed by atoms with Crippen LogP contribution >= 0.6 is 11.6 Å². The van der Waals surface area contributed by atoms with E-state index in [4.69, 9.17) is 16.3 Å². The van der Waals surface area contributed by atoms with Crippen LogP contribution in [0.3, 0.4) is 0 Å². The molecule has 0 unspecified atom stereocenters. The normalized spacial score (nSPS) is 12.2. The summed E-state index contributed by atoms with van der Waals surface area (Å²) in [6.07, 6.45) is -0.745. The Bertz CT molecular complexity index is 615. The van der Waals surface area contributed by atoms with Crippen LogP contribution in [0.25, 0.3) is 0 Å². The number of halogens is 3. The number of hydrogen-bond acceptors (Lipinski definition) is 2. The zero-order valence-corrected chi connectivity index (χ0v) is 11.5. The molecule has 0 spiro atoms. The van der Waals surface area contributed by atoms with Gasteiger partial charge in [-0.05, 0) is 36.8 Å². The van der Waals surface area contributed by atoms with Crippen LogP contribution in [-0.2, 0) is 6.61 Å². The lowest BCUT2D eigenvalue weighted by Gasteiger charge is -2.11. The van der Waals surface area contributed by atoms with Gasteiger partial charge in [-0.3, -0.25) is 0 Å². The summed E-state index contributed by atoms with van der Waals surface area (Å²) >= 11 is 5.86. The smallest absolute Gasteiger partial charge is 0.165 e. The second-order valence-corrected chi connectivity index (χ2v) is 4.80. The van der Waals surface area contributed by atoms with Gasteiger partial charge < -0.3 is 9.84 Å². The van der Waals surface area contributed by atoms with Gasteiger partial charge in [0, 0.05) is 5.56 Å². The van der Waals surface area contributed by atoms with Crippen LogP contribution in [0, 0.1) is 11.6 Å². The number of hydrogen-bond donors (Lipinski definition) is 1. The van der Waals surface area contributed by atoms with Gasteiger partial charge in [0.1, 0.15) is 12.4 Å². The first kappa shape index (κ1) is 14.8. The van der Waals surface area contributed by atoms with Gasteiger partial charge in [-0.2, -0.15) is 0 Å². The molecule has 2 rings (SSSR count). The summed E-state index contributed by atoms with van der Waals surface area (Å²) in [6, 6.07) is 8.15. The zero-order valence-electron chi connectivity index (χ0n) is 10.7. The molecular formula is C15H13ClF2O2. The molecule has 0 heterocycles. The molecule has 5 heteroatoms. The molecule has 106 valence electrons. The molecular weight excluding hydrogens is 286 g/mol. The number of aliphatic hydroxyl groups excluding tert-OH is 1. The largest absolute Gasteiger partial charge is 0.486 e. The van der Waals surface area contributed by atoms with Gasteiger partial charge in [-0.25, -0.2) is 8.78 Å². The fourth-order valence-corrected chi connectivity index (χ4v) is 1.91. The van der Waals surface area contributed by atoms with E-state index in [0.717, 1.165) is 0 Å². The first-order valence-electron chi connectivity index (χ1n) is 6.01. The number of rotatable bonds is 4. The van der Waals surface area contributed by atoms with E-state index in [9.17, 15) is 13.9 Å². The lowest BCUT2D eigenvalue weighted by Crippen LogP contribution is -2.00. The van der Waals surface area contributed by atoms with E-state index in [1.54, 1.807) is 13.0 Å². The van der Waals surface area contributed by atoms with Gasteiger partial charge >= 0.3 is 0 Å². The molecule has 0 saturated carbocycles. The summed E-state index contributed by atoms with van der Waals surface area (Å²) in [5, 5.41) is 9.58. The van der Waals surface area contributed by atoms with Crippen LogP contribution in [0.15, 0.2) is 36.4 Å². The molecule has 2 aromatic rings. The van der Waals surface area contributed by atoms with Gasteiger partial charge in [0.05, 0.1) is 11.1 Å². The van der Waals surface area contributed by atoms with Crippen LogP contribution in [0.1, 0.15) is 24.2 Å². The monoisotopic (exact) mass is 298 g/mol. The average molecular weight is 299 g/mol. The lowest BCUT2D eigenvalue weighted by molar-refractivity contribution is 0.198. The molecule has 0 bridgehead atoms. The van der Waals surface area contributed by atoms with Crippen molar-refractivity contribution in [2.45, 2.75) is 19.6 Å². The number of ether oxygens (including phenoxy) is 1. The second-order valence-electron chi connectivity index (χ2n) is 4.39. The number of aliphatic hydroxyl groups is 1. The maximum atomic E-state index is 13.7. The summed E-state index contributed by atoms with van der Waals surface area (Å²) in [5.74, 6) is -0.956. The summed E-state index contributed by atoms with van der Waals surface area (Å²) < 4.78 is 31.9. The SMILES string of the molecule is C[C@@H](O)c1ccc(OCc2ccc(F)cc2Cl)c(F)c1. The van der Waals surface area contributed by atoms with Gasteiger partial charge in [0.2, 0.25) is 0 Å². The fourth-order valence-electron chi connectivity index (χ4n) is 1.69. The van der Waals surface area contributed by atoms with Gasteiger partial charge in [-0.1, -0.05) is 23.7 Å². The molecule has 0 fully saturated rings. The molecule has 0 radical (unpaired) electrons. The molecule has 1 N–H and O–H groups in total. The standard InChI is InChI=1S/C15H13ClF2O2/c1-9(19)10-3-5-15(14(18)6-10)20-8-11-2-4-12(17)7-13(11)16/h2-7,9,19H,8H2,1H3/t9-/m1/s1. The first-order valence-corrected chi connectivity index (χ1v) is 6.39. The molecule has 1 atom stereocenters. The summed E-state index contributed by atoms with van der Waals surface area (Å²) in [5.41, 5.74) is 1.03. The third-order valence-corrected chi connectivity index (χ3v) is 3.19. The van der Waals surface area contributed by atoms with Crippen LogP contribution in [0.4, 0.5) is 8.78 Å². The highest BCUT2D eigenvalue weighted by molar-refractivity contribution is 6.31. The van der Waals surface area contributed by atoms with E-state index in [1.165, 1.54) is 30.3 Å². The first-order chi connectivity index (χ1) is 9.47. The molecule has 20 heavy (non-hydrogen) atoms. The van der Waals surface area contributed by atoms with E-state index < -0.39 is 17.7 Å². The molecule has 0 saturated heterocycles. The highest BCUT2D eigenvalue weighted by atomic mass is 35.5. The quantitative estimate of drug-likeness (QED) is 0.914. The van der Waals surface area contributed by atoms with E-state index in [1.807, 2.05) is 0 Å². The van der Waals surface area contributed by atoms with Crippen LogP contribution < -0.4 is 4.74 Å². The molecule has 2 aromatic carbocycles. The second kappa shape index (κ2) is 6.20. The van der Waals surface area contributed by atoms with Crippen LogP contribution in [0.2, 0.25) is 5.02 Å². The van der Waals surface area contributed by atoms with Crippen molar-refractivity contribution in [1.82, 2.24) is 0 Å². The highest BCUT2D eigenvalue weighted by Crippen LogP contribution is 2.24. The minimum atomic E-state index is -0.745. The Morgan fingerprint density at radius 3 is 2.55 bits per heavy atom. The maximum absolute atomic E-state index is 13.7. The Labute approximate surface area is 120 Å². The predicted molar refractivity (Wildman–Crippen MR) is 72.8 cm³/mol. The van der Waals surface area contributed by atoms with E-state index >= 15 is 0 Å². The average Bonchev–Trinajstić information content (AvgIpc) is 2.38.